The highest BCUT2D eigenvalue weighted by molar-refractivity contribution is 7.17. The quantitative estimate of drug-likeness (QED) is 0.543. The van der Waals surface area contributed by atoms with E-state index in [1.807, 2.05) is 13.8 Å². The Morgan fingerprint density at radius 1 is 1.32 bits per heavy atom. The van der Waals surface area contributed by atoms with Gasteiger partial charge in [-0.2, -0.15) is 13.2 Å². The summed E-state index contributed by atoms with van der Waals surface area (Å²) in [6.45, 7) is 7.22. The van der Waals surface area contributed by atoms with Crippen molar-refractivity contribution in [2.75, 3.05) is 25.0 Å². The van der Waals surface area contributed by atoms with Crippen LogP contribution in [0.3, 0.4) is 0 Å². The van der Waals surface area contributed by atoms with Crippen molar-refractivity contribution in [1.82, 2.24) is 20.2 Å². The number of carbonyl (C=O) groups excluding carboxylic acids is 2. The summed E-state index contributed by atoms with van der Waals surface area (Å²) < 4.78 is 43.0. The lowest BCUT2D eigenvalue weighted by atomic mass is 10.1. The Morgan fingerprint density at radius 3 is 2.54 bits per heavy atom. The van der Waals surface area contributed by atoms with Gasteiger partial charge in [-0.1, -0.05) is 0 Å². The molecule has 2 aromatic heterocycles. The van der Waals surface area contributed by atoms with Gasteiger partial charge in [-0.05, 0) is 59.4 Å². The zero-order chi connectivity index (χ0) is 27.3. The minimum Gasteiger partial charge on any atom is -0.389 e. The van der Waals surface area contributed by atoms with Crippen LogP contribution >= 0.6 is 11.3 Å². The molecule has 2 N–H and O–H groups in total. The minimum absolute atomic E-state index is 0.0517. The highest BCUT2D eigenvalue weighted by atomic mass is 32.1. The van der Waals surface area contributed by atoms with Gasteiger partial charge in [-0.3, -0.25) is 9.59 Å². The van der Waals surface area contributed by atoms with Crippen LogP contribution < -0.4 is 10.2 Å². The number of pyridine rings is 1. The van der Waals surface area contributed by atoms with E-state index in [1.54, 1.807) is 16.8 Å². The van der Waals surface area contributed by atoms with E-state index < -0.39 is 29.2 Å². The number of halogens is 3. The maximum Gasteiger partial charge on any atom is 0.417 e. The normalized spacial score (nSPS) is 19.2. The molecule has 2 fully saturated rings. The number of thiazole rings is 1. The van der Waals surface area contributed by atoms with Gasteiger partial charge < -0.3 is 20.2 Å². The molecule has 202 valence electrons. The maximum atomic E-state index is 14.3. The summed E-state index contributed by atoms with van der Waals surface area (Å²) in [4.78, 5) is 38.1. The molecule has 2 aromatic rings. The number of rotatable bonds is 7. The molecule has 1 aliphatic heterocycles. The molecule has 37 heavy (non-hydrogen) atoms. The molecule has 8 nitrogen and oxygen atoms in total. The lowest BCUT2D eigenvalue weighted by Crippen LogP contribution is -2.38. The summed E-state index contributed by atoms with van der Waals surface area (Å²) in [5, 5.41) is 12.3. The number of aliphatic hydroxyl groups is 1. The van der Waals surface area contributed by atoms with Gasteiger partial charge in [-0.25, -0.2) is 9.97 Å². The summed E-state index contributed by atoms with van der Waals surface area (Å²) in [5.41, 5.74) is -2.87. The third-order valence-corrected chi connectivity index (χ3v) is 8.17. The Morgan fingerprint density at radius 2 is 2.00 bits per heavy atom. The third kappa shape index (κ3) is 5.74. The first-order valence-corrected chi connectivity index (χ1v) is 13.1. The molecule has 2 aliphatic rings. The monoisotopic (exact) mass is 539 g/mol. The van der Waals surface area contributed by atoms with Gasteiger partial charge in [0.25, 0.3) is 11.8 Å². The number of carbonyl (C=O) groups is 2. The number of aromatic nitrogens is 2. The molecule has 0 unspecified atom stereocenters. The van der Waals surface area contributed by atoms with Gasteiger partial charge in [0.1, 0.15) is 11.5 Å². The smallest absolute Gasteiger partial charge is 0.389 e. The van der Waals surface area contributed by atoms with Crippen LogP contribution in [0.25, 0.3) is 10.4 Å². The average Bonchev–Trinajstić information content (AvgIpc) is 3.21. The molecule has 1 saturated carbocycles. The lowest BCUT2D eigenvalue weighted by Gasteiger charge is -2.27. The van der Waals surface area contributed by atoms with Crippen molar-refractivity contribution >= 4 is 29.0 Å². The molecule has 12 heteroatoms. The molecule has 0 radical (unpaired) electrons. The molecule has 1 atom stereocenters. The van der Waals surface area contributed by atoms with Crippen molar-refractivity contribution in [3.8, 4) is 10.4 Å². The van der Waals surface area contributed by atoms with E-state index in [1.165, 1.54) is 13.8 Å². The van der Waals surface area contributed by atoms with Gasteiger partial charge in [0, 0.05) is 43.5 Å². The Bertz CT molecular complexity index is 1200. The molecule has 0 spiro atoms. The Balaban J connectivity index is 1.81. The van der Waals surface area contributed by atoms with Crippen molar-refractivity contribution < 1.29 is 27.9 Å². The van der Waals surface area contributed by atoms with Gasteiger partial charge in [0.2, 0.25) is 0 Å². The predicted octanol–water partition coefficient (Wildman–Crippen LogP) is 4.34. The van der Waals surface area contributed by atoms with Gasteiger partial charge in [-0.15, -0.1) is 11.3 Å². The van der Waals surface area contributed by atoms with Crippen molar-refractivity contribution in [3.63, 3.8) is 0 Å². The van der Waals surface area contributed by atoms with E-state index in [2.05, 4.69) is 15.3 Å². The molecule has 2 amide bonds. The summed E-state index contributed by atoms with van der Waals surface area (Å²) >= 11 is 0.716. The summed E-state index contributed by atoms with van der Waals surface area (Å²) in [7, 11) is 1.72. The van der Waals surface area contributed by atoms with Crippen LogP contribution in [0.1, 0.15) is 79.2 Å². The van der Waals surface area contributed by atoms with Crippen molar-refractivity contribution in [1.29, 1.82) is 0 Å². The van der Waals surface area contributed by atoms with Gasteiger partial charge in [0.05, 0.1) is 16.0 Å². The second kappa shape index (κ2) is 9.54. The number of alkyl halides is 3. The van der Waals surface area contributed by atoms with Crippen LogP contribution in [-0.4, -0.2) is 69.1 Å². The standard InChI is InChI=1S/C25H32F3N5O3S/c1-14-7-6-10-33(14)22(35)18-19(37-21(31-18)20(34)30-13-23(2,3)36)15-12-29-17(11-16(15)25(26,27)28)32(5)24(4)8-9-24/h11-12,14,36H,6-10,13H2,1-5H3,(H,30,34)/t14-/m0/s1. The minimum atomic E-state index is -4.73. The number of likely N-dealkylation sites (tertiary alicyclic amines) is 1. The molecular weight excluding hydrogens is 507 g/mol. The molecular formula is C25H32F3N5O3S. The third-order valence-electron chi connectivity index (χ3n) is 7.09. The van der Waals surface area contributed by atoms with Crippen molar-refractivity contribution in [2.45, 2.75) is 76.7 Å². The second-order valence-electron chi connectivity index (χ2n) is 10.8. The SMILES string of the molecule is C[C@H]1CCCN1C(=O)c1nc(C(=O)NCC(C)(C)O)sc1-c1cnc(N(C)C2(C)CC2)cc1C(F)(F)F. The zero-order valence-corrected chi connectivity index (χ0v) is 22.4. The van der Waals surface area contributed by atoms with Crippen LogP contribution in [0.5, 0.6) is 0 Å². The van der Waals surface area contributed by atoms with E-state index in [9.17, 15) is 27.9 Å². The fraction of sp³-hybridized carbons (Fsp3) is 0.600. The molecule has 1 aliphatic carbocycles. The van der Waals surface area contributed by atoms with E-state index in [4.69, 9.17) is 0 Å². The molecule has 4 rings (SSSR count). The molecule has 1 saturated heterocycles. The zero-order valence-electron chi connectivity index (χ0n) is 21.6. The fourth-order valence-corrected chi connectivity index (χ4v) is 5.32. The lowest BCUT2D eigenvalue weighted by molar-refractivity contribution is -0.137. The van der Waals surface area contributed by atoms with E-state index >= 15 is 0 Å². The van der Waals surface area contributed by atoms with Crippen LogP contribution in [-0.2, 0) is 6.18 Å². The largest absolute Gasteiger partial charge is 0.417 e. The number of anilines is 1. The number of amides is 2. The Kier molecular flexibility index (Phi) is 7.04. The topological polar surface area (TPSA) is 98.7 Å². The summed E-state index contributed by atoms with van der Waals surface area (Å²) in [5.74, 6) is -1.01. The Labute approximate surface area is 217 Å². The fourth-order valence-electron chi connectivity index (χ4n) is 4.32. The number of hydrogen-bond acceptors (Lipinski definition) is 7. The van der Waals surface area contributed by atoms with Crippen LogP contribution in [0.15, 0.2) is 12.3 Å². The number of hydrogen-bond donors (Lipinski definition) is 2. The second-order valence-corrected chi connectivity index (χ2v) is 11.8. The first kappa shape index (κ1) is 27.3. The van der Waals surface area contributed by atoms with Crippen molar-refractivity contribution in [3.05, 3.63) is 28.5 Å². The maximum absolute atomic E-state index is 14.3. The highest BCUT2D eigenvalue weighted by Gasteiger charge is 2.44. The van der Waals surface area contributed by atoms with E-state index in [0.717, 1.165) is 37.9 Å². The van der Waals surface area contributed by atoms with Crippen molar-refractivity contribution in [2.24, 2.45) is 0 Å². The van der Waals surface area contributed by atoms with Crippen LogP contribution in [0.4, 0.5) is 19.0 Å². The molecule has 3 heterocycles. The first-order valence-electron chi connectivity index (χ1n) is 12.2. The highest BCUT2D eigenvalue weighted by Crippen LogP contribution is 2.45. The summed E-state index contributed by atoms with van der Waals surface area (Å²) in [6, 6.07) is 0.907. The van der Waals surface area contributed by atoms with Gasteiger partial charge in [0.15, 0.2) is 5.01 Å². The van der Waals surface area contributed by atoms with Crippen LogP contribution in [0, 0.1) is 0 Å². The first-order chi connectivity index (χ1) is 17.1. The van der Waals surface area contributed by atoms with E-state index in [-0.39, 0.29) is 45.1 Å². The molecule has 0 aromatic carbocycles. The van der Waals surface area contributed by atoms with Gasteiger partial charge >= 0.3 is 6.18 Å². The van der Waals surface area contributed by atoms with E-state index in [0.29, 0.717) is 17.9 Å². The van der Waals surface area contributed by atoms with Crippen LogP contribution in [0.2, 0.25) is 0 Å². The number of nitrogens with zero attached hydrogens (tertiary/aromatic N) is 4. The average molecular weight is 540 g/mol. The summed E-state index contributed by atoms with van der Waals surface area (Å²) in [6.07, 6.45) is -0.332. The number of nitrogens with one attached hydrogen (secondary N) is 1. The Hall–Kier alpha value is -2.73. The predicted molar refractivity (Wildman–Crippen MR) is 135 cm³/mol. The molecule has 0 bridgehead atoms.